The molecule has 0 amide bonds. The lowest BCUT2D eigenvalue weighted by Gasteiger charge is -2.28. The van der Waals surface area contributed by atoms with Crippen LogP contribution in [0.15, 0.2) is 33.4 Å². The Morgan fingerprint density at radius 1 is 1.36 bits per heavy atom. The number of hydrogen-bond acceptors (Lipinski definition) is 7. The highest BCUT2D eigenvalue weighted by Crippen LogP contribution is 2.28. The molecular formula is C19H24N2O5S2. The van der Waals surface area contributed by atoms with Gasteiger partial charge in [-0.25, -0.2) is 13.4 Å². The third-order valence-electron chi connectivity index (χ3n) is 5.05. The van der Waals surface area contributed by atoms with E-state index >= 15 is 0 Å². The van der Waals surface area contributed by atoms with E-state index in [2.05, 4.69) is 4.98 Å². The SMILES string of the molecule is Cc1cc(S(C)(=O)=O)cc(=O)n1C(CC1CCOCC1)C(=O)Cc1nccs1. The number of Topliss-reactive ketones (excluding diaryl/α,β-unsaturated/α-hetero) is 1. The van der Waals surface area contributed by atoms with Crippen LogP contribution in [0, 0.1) is 12.8 Å². The highest BCUT2D eigenvalue weighted by atomic mass is 32.2. The number of pyridine rings is 1. The van der Waals surface area contributed by atoms with Gasteiger partial charge in [-0.3, -0.25) is 9.59 Å². The molecular weight excluding hydrogens is 400 g/mol. The van der Waals surface area contributed by atoms with Crippen molar-refractivity contribution in [3.05, 3.63) is 44.8 Å². The lowest BCUT2D eigenvalue weighted by molar-refractivity contribution is -0.122. The first-order valence-electron chi connectivity index (χ1n) is 9.18. The zero-order valence-corrected chi connectivity index (χ0v) is 17.6. The largest absolute Gasteiger partial charge is 0.381 e. The Bertz CT molecular complexity index is 990. The molecule has 0 bridgehead atoms. The van der Waals surface area contributed by atoms with Crippen molar-refractivity contribution in [1.82, 2.24) is 9.55 Å². The molecule has 1 unspecified atom stereocenters. The Morgan fingerprint density at radius 2 is 2.07 bits per heavy atom. The number of aromatic nitrogens is 2. The smallest absolute Gasteiger partial charge is 0.252 e. The summed E-state index contributed by atoms with van der Waals surface area (Å²) in [6.07, 6.45) is 5.10. The van der Waals surface area contributed by atoms with Crippen LogP contribution < -0.4 is 5.56 Å². The van der Waals surface area contributed by atoms with Crippen molar-refractivity contribution < 1.29 is 17.9 Å². The van der Waals surface area contributed by atoms with Gasteiger partial charge >= 0.3 is 0 Å². The summed E-state index contributed by atoms with van der Waals surface area (Å²) in [6.45, 7) is 2.97. The molecule has 28 heavy (non-hydrogen) atoms. The number of aryl methyl sites for hydroxylation is 1. The van der Waals surface area contributed by atoms with Crippen molar-refractivity contribution in [3.8, 4) is 0 Å². The Kier molecular flexibility index (Phi) is 6.47. The van der Waals surface area contributed by atoms with E-state index in [1.807, 2.05) is 5.38 Å². The van der Waals surface area contributed by atoms with E-state index in [1.54, 1.807) is 13.1 Å². The Balaban J connectivity index is 1.97. The van der Waals surface area contributed by atoms with Crippen molar-refractivity contribution in [2.45, 2.75) is 43.5 Å². The van der Waals surface area contributed by atoms with Crippen LogP contribution in [0.3, 0.4) is 0 Å². The van der Waals surface area contributed by atoms with Crippen molar-refractivity contribution in [3.63, 3.8) is 0 Å². The first kappa shape index (κ1) is 20.9. The summed E-state index contributed by atoms with van der Waals surface area (Å²) in [4.78, 5) is 30.1. The number of nitrogens with zero attached hydrogens (tertiary/aromatic N) is 2. The van der Waals surface area contributed by atoms with Gasteiger partial charge in [-0.1, -0.05) is 0 Å². The van der Waals surface area contributed by atoms with Gasteiger partial charge in [0.15, 0.2) is 15.6 Å². The zero-order chi connectivity index (χ0) is 20.3. The summed E-state index contributed by atoms with van der Waals surface area (Å²) < 4.78 is 30.5. The minimum absolute atomic E-state index is 0.0246. The Morgan fingerprint density at radius 3 is 2.64 bits per heavy atom. The van der Waals surface area contributed by atoms with Crippen LogP contribution in [0.1, 0.15) is 36.0 Å². The molecule has 0 aromatic carbocycles. The van der Waals surface area contributed by atoms with Gasteiger partial charge in [0.25, 0.3) is 5.56 Å². The van der Waals surface area contributed by atoms with Crippen LogP contribution in [-0.4, -0.2) is 43.2 Å². The van der Waals surface area contributed by atoms with Crippen molar-refractivity contribution in [2.75, 3.05) is 19.5 Å². The molecule has 3 rings (SSSR count). The van der Waals surface area contributed by atoms with E-state index in [-0.39, 0.29) is 23.0 Å². The summed E-state index contributed by atoms with van der Waals surface area (Å²) in [7, 11) is -3.50. The summed E-state index contributed by atoms with van der Waals surface area (Å²) >= 11 is 1.41. The predicted octanol–water partition coefficient (Wildman–Crippen LogP) is 2.19. The molecule has 3 heterocycles. The molecule has 1 aliphatic heterocycles. The molecule has 0 N–H and O–H groups in total. The molecule has 0 radical (unpaired) electrons. The van der Waals surface area contributed by atoms with Gasteiger partial charge in [0, 0.05) is 42.8 Å². The first-order chi connectivity index (χ1) is 13.3. The number of sulfone groups is 1. The molecule has 152 valence electrons. The summed E-state index contributed by atoms with van der Waals surface area (Å²) in [6, 6.07) is 1.92. The molecule has 1 aliphatic rings. The van der Waals surface area contributed by atoms with Crippen LogP contribution >= 0.6 is 11.3 Å². The van der Waals surface area contributed by atoms with Crippen molar-refractivity contribution in [1.29, 1.82) is 0 Å². The lowest BCUT2D eigenvalue weighted by atomic mass is 9.89. The van der Waals surface area contributed by atoms with Crippen LogP contribution in [0.25, 0.3) is 0 Å². The predicted molar refractivity (Wildman–Crippen MR) is 107 cm³/mol. The lowest BCUT2D eigenvalue weighted by Crippen LogP contribution is -2.34. The second kappa shape index (κ2) is 8.67. The molecule has 1 atom stereocenters. The molecule has 2 aromatic heterocycles. The molecule has 9 heteroatoms. The number of carbonyl (C=O) groups excluding carboxylic acids is 1. The van der Waals surface area contributed by atoms with Gasteiger partial charge in [0.1, 0.15) is 0 Å². The maximum atomic E-state index is 13.1. The molecule has 1 saturated heterocycles. The van der Waals surface area contributed by atoms with E-state index in [1.165, 1.54) is 22.0 Å². The summed E-state index contributed by atoms with van der Waals surface area (Å²) in [5, 5.41) is 2.52. The van der Waals surface area contributed by atoms with Gasteiger partial charge in [0.05, 0.1) is 22.4 Å². The highest BCUT2D eigenvalue weighted by Gasteiger charge is 2.28. The van der Waals surface area contributed by atoms with Crippen LogP contribution in [0.4, 0.5) is 0 Å². The highest BCUT2D eigenvalue weighted by molar-refractivity contribution is 7.90. The number of ketones is 1. The van der Waals surface area contributed by atoms with E-state index in [0.717, 1.165) is 25.2 Å². The molecule has 0 saturated carbocycles. The van der Waals surface area contributed by atoms with Crippen molar-refractivity contribution in [2.24, 2.45) is 5.92 Å². The third kappa shape index (κ3) is 4.95. The van der Waals surface area contributed by atoms with Gasteiger partial charge in [-0.05, 0) is 38.2 Å². The minimum atomic E-state index is -3.50. The van der Waals surface area contributed by atoms with Crippen LogP contribution in [-0.2, 0) is 25.8 Å². The molecule has 0 spiro atoms. The monoisotopic (exact) mass is 424 g/mol. The molecule has 0 aliphatic carbocycles. The Labute approximate surface area is 168 Å². The standard InChI is InChI=1S/C19H24N2O5S2/c1-13-9-15(28(2,24)25)11-19(23)21(13)16(10-14-3-6-26-7-4-14)17(22)12-18-20-5-8-27-18/h5,8-9,11,14,16H,3-4,6-7,10,12H2,1-2H3. The average molecular weight is 425 g/mol. The van der Waals surface area contributed by atoms with Gasteiger partial charge < -0.3 is 9.30 Å². The molecule has 7 nitrogen and oxygen atoms in total. The van der Waals surface area contributed by atoms with E-state index in [4.69, 9.17) is 4.74 Å². The van der Waals surface area contributed by atoms with Gasteiger partial charge in [0.2, 0.25) is 0 Å². The van der Waals surface area contributed by atoms with E-state index < -0.39 is 21.4 Å². The third-order valence-corrected chi connectivity index (χ3v) is 6.92. The summed E-state index contributed by atoms with van der Waals surface area (Å²) in [5.74, 6) is 0.193. The summed E-state index contributed by atoms with van der Waals surface area (Å²) in [5.41, 5.74) is 0.00227. The topological polar surface area (TPSA) is 95.3 Å². The minimum Gasteiger partial charge on any atom is -0.381 e. The number of rotatable bonds is 7. The van der Waals surface area contributed by atoms with Gasteiger partial charge in [-0.2, -0.15) is 0 Å². The Hall–Kier alpha value is -1.84. The normalized spacial score (nSPS) is 16.8. The van der Waals surface area contributed by atoms with Gasteiger partial charge in [-0.15, -0.1) is 11.3 Å². The zero-order valence-electron chi connectivity index (χ0n) is 16.0. The number of ether oxygens (including phenoxy) is 1. The number of thiazole rings is 1. The first-order valence-corrected chi connectivity index (χ1v) is 11.9. The van der Waals surface area contributed by atoms with Crippen LogP contribution in [0.2, 0.25) is 0 Å². The number of hydrogen-bond donors (Lipinski definition) is 0. The number of carbonyl (C=O) groups is 1. The fourth-order valence-electron chi connectivity index (χ4n) is 3.58. The quantitative estimate of drug-likeness (QED) is 0.676. The van der Waals surface area contributed by atoms with Crippen molar-refractivity contribution >= 4 is 27.0 Å². The molecule has 2 aromatic rings. The fourth-order valence-corrected chi connectivity index (χ4v) is 4.91. The second-order valence-electron chi connectivity index (χ2n) is 7.19. The molecule has 1 fully saturated rings. The maximum absolute atomic E-state index is 13.1. The van der Waals surface area contributed by atoms with E-state index in [9.17, 15) is 18.0 Å². The maximum Gasteiger partial charge on any atom is 0.252 e. The van der Waals surface area contributed by atoms with Crippen LogP contribution in [0.5, 0.6) is 0 Å². The average Bonchev–Trinajstić information content (AvgIpc) is 3.13. The second-order valence-corrected chi connectivity index (χ2v) is 10.2. The van der Waals surface area contributed by atoms with E-state index in [0.29, 0.717) is 30.3 Å². The fraction of sp³-hybridized carbons (Fsp3) is 0.526.